The second-order valence-corrected chi connectivity index (χ2v) is 5.06. The molecule has 2 aromatic rings. The summed E-state index contributed by atoms with van der Waals surface area (Å²) in [6.45, 7) is 5.54. The van der Waals surface area contributed by atoms with Crippen LogP contribution in [0.4, 0.5) is 0 Å². The average Bonchev–Trinajstić information content (AvgIpc) is 2.44. The molecule has 1 heterocycles. The van der Waals surface area contributed by atoms with Crippen LogP contribution in [0.1, 0.15) is 11.3 Å². The molecule has 0 spiro atoms. The zero-order valence-electron chi connectivity index (χ0n) is 11.6. The van der Waals surface area contributed by atoms with Crippen molar-refractivity contribution >= 4 is 23.3 Å². The summed E-state index contributed by atoms with van der Waals surface area (Å²) >= 11 is 5.99. The van der Waals surface area contributed by atoms with Gasteiger partial charge in [-0.05, 0) is 36.2 Å². The molecular weight excluding hydrogens is 288 g/mol. The van der Waals surface area contributed by atoms with Gasteiger partial charge in [-0.1, -0.05) is 30.3 Å². The van der Waals surface area contributed by atoms with E-state index in [0.717, 1.165) is 16.7 Å². The fourth-order valence-corrected chi connectivity index (χ4v) is 2.17. The van der Waals surface area contributed by atoms with Crippen molar-refractivity contribution in [1.82, 2.24) is 10.3 Å². The molecule has 2 rings (SSSR count). The van der Waals surface area contributed by atoms with Gasteiger partial charge in [0, 0.05) is 16.8 Å². The Balaban J connectivity index is 2.25. The molecule has 0 saturated carbocycles. The third-order valence-corrected chi connectivity index (χ3v) is 3.21. The van der Waals surface area contributed by atoms with Crippen LogP contribution in [0.3, 0.4) is 0 Å². The second kappa shape index (κ2) is 6.41. The van der Waals surface area contributed by atoms with Crippen LogP contribution in [-0.2, 0) is 4.79 Å². The van der Waals surface area contributed by atoms with Crippen LogP contribution in [-0.4, -0.2) is 22.6 Å². The molecule has 0 atom stereocenters. The van der Waals surface area contributed by atoms with Crippen molar-refractivity contribution < 1.29 is 9.90 Å². The minimum Gasteiger partial charge on any atom is -0.480 e. The molecule has 0 unspecified atom stereocenters. The summed E-state index contributed by atoms with van der Waals surface area (Å²) in [5, 5.41) is 12.1. The van der Waals surface area contributed by atoms with E-state index in [9.17, 15) is 4.79 Å². The van der Waals surface area contributed by atoms with E-state index >= 15 is 0 Å². The van der Waals surface area contributed by atoms with Gasteiger partial charge < -0.3 is 10.4 Å². The fraction of sp³-hybridized carbons (Fsp3) is 0.125. The maximum atomic E-state index is 10.6. The van der Waals surface area contributed by atoms with Gasteiger partial charge in [0.15, 0.2) is 0 Å². The Labute approximate surface area is 128 Å². The van der Waals surface area contributed by atoms with E-state index in [2.05, 4.69) is 16.9 Å². The molecule has 108 valence electrons. The molecule has 1 aromatic carbocycles. The van der Waals surface area contributed by atoms with Crippen LogP contribution in [0.5, 0.6) is 0 Å². The Bertz CT molecular complexity index is 698. The van der Waals surface area contributed by atoms with E-state index in [-0.39, 0.29) is 6.54 Å². The Morgan fingerprint density at radius 3 is 2.76 bits per heavy atom. The zero-order chi connectivity index (χ0) is 15.4. The lowest BCUT2D eigenvalue weighted by molar-refractivity contribution is -0.135. The van der Waals surface area contributed by atoms with Crippen molar-refractivity contribution in [1.29, 1.82) is 0 Å². The van der Waals surface area contributed by atoms with Crippen LogP contribution < -0.4 is 5.32 Å². The average molecular weight is 303 g/mol. The molecule has 5 heteroatoms. The van der Waals surface area contributed by atoms with Crippen molar-refractivity contribution in [3.63, 3.8) is 0 Å². The van der Waals surface area contributed by atoms with Gasteiger partial charge in [-0.3, -0.25) is 9.78 Å². The maximum Gasteiger partial charge on any atom is 0.322 e. The van der Waals surface area contributed by atoms with Crippen molar-refractivity contribution in [3.05, 3.63) is 59.4 Å². The van der Waals surface area contributed by atoms with E-state index in [1.54, 1.807) is 6.20 Å². The Morgan fingerprint density at radius 1 is 1.38 bits per heavy atom. The second-order valence-electron chi connectivity index (χ2n) is 4.63. The minimum atomic E-state index is -0.940. The predicted molar refractivity (Wildman–Crippen MR) is 84.1 cm³/mol. The zero-order valence-corrected chi connectivity index (χ0v) is 12.3. The summed E-state index contributed by atoms with van der Waals surface area (Å²) in [6, 6.07) is 9.50. The highest BCUT2D eigenvalue weighted by Gasteiger charge is 2.08. The van der Waals surface area contributed by atoms with Crippen LogP contribution in [0.15, 0.2) is 43.1 Å². The van der Waals surface area contributed by atoms with Gasteiger partial charge in [-0.25, -0.2) is 0 Å². The number of carboxylic acid groups (broad SMARTS) is 1. The first kappa shape index (κ1) is 15.1. The summed E-state index contributed by atoms with van der Waals surface area (Å²) in [7, 11) is 0. The van der Waals surface area contributed by atoms with Crippen molar-refractivity contribution in [3.8, 4) is 11.1 Å². The number of nitrogens with one attached hydrogen (secondary N) is 1. The van der Waals surface area contributed by atoms with Gasteiger partial charge >= 0.3 is 5.97 Å². The number of hydrogen-bond donors (Lipinski definition) is 2. The molecule has 0 fully saturated rings. The minimum absolute atomic E-state index is 0.185. The number of pyridine rings is 1. The molecule has 0 aliphatic carbocycles. The molecule has 0 aliphatic heterocycles. The van der Waals surface area contributed by atoms with Gasteiger partial charge in [0.05, 0.1) is 11.4 Å². The molecule has 0 radical (unpaired) electrons. The molecule has 1 aromatic heterocycles. The number of hydrogen-bond acceptors (Lipinski definition) is 3. The van der Waals surface area contributed by atoms with Gasteiger partial charge in [0.25, 0.3) is 0 Å². The summed E-state index contributed by atoms with van der Waals surface area (Å²) in [5.74, 6) is -0.940. The lowest BCUT2D eigenvalue weighted by Crippen LogP contribution is -2.21. The highest BCUT2D eigenvalue weighted by Crippen LogP contribution is 2.24. The highest BCUT2D eigenvalue weighted by atomic mass is 35.5. The van der Waals surface area contributed by atoms with Gasteiger partial charge in [-0.2, -0.15) is 0 Å². The molecule has 0 saturated heterocycles. The number of carboxylic acids is 1. The maximum absolute atomic E-state index is 10.6. The SMILES string of the molecule is C=C(NCC(=O)O)c1ncc(-c2cccc(Cl)c2)cc1C. The Hall–Kier alpha value is -2.33. The van der Waals surface area contributed by atoms with Crippen LogP contribution in [0.2, 0.25) is 5.02 Å². The first-order chi connectivity index (χ1) is 9.97. The number of nitrogens with zero attached hydrogens (tertiary/aromatic N) is 1. The summed E-state index contributed by atoms with van der Waals surface area (Å²) < 4.78 is 0. The van der Waals surface area contributed by atoms with E-state index < -0.39 is 5.97 Å². The van der Waals surface area contributed by atoms with Crippen LogP contribution >= 0.6 is 11.6 Å². The number of aryl methyl sites for hydroxylation is 1. The summed E-state index contributed by atoms with van der Waals surface area (Å²) in [6.07, 6.45) is 1.72. The monoisotopic (exact) mass is 302 g/mol. The number of aromatic nitrogens is 1. The molecule has 4 nitrogen and oxygen atoms in total. The van der Waals surface area contributed by atoms with Gasteiger partial charge in [0.1, 0.15) is 6.54 Å². The normalized spacial score (nSPS) is 10.2. The first-order valence-electron chi connectivity index (χ1n) is 6.35. The van der Waals surface area contributed by atoms with E-state index in [1.165, 1.54) is 0 Å². The number of benzene rings is 1. The van der Waals surface area contributed by atoms with Crippen molar-refractivity contribution in [2.75, 3.05) is 6.54 Å². The van der Waals surface area contributed by atoms with Gasteiger partial charge in [-0.15, -0.1) is 0 Å². The lowest BCUT2D eigenvalue weighted by Gasteiger charge is -2.11. The highest BCUT2D eigenvalue weighted by molar-refractivity contribution is 6.30. The number of rotatable bonds is 5. The van der Waals surface area contributed by atoms with E-state index in [4.69, 9.17) is 16.7 Å². The molecule has 21 heavy (non-hydrogen) atoms. The Morgan fingerprint density at radius 2 is 2.14 bits per heavy atom. The standard InChI is InChI=1S/C16H15ClN2O2/c1-10-6-13(12-4-3-5-14(17)7-12)8-19-16(10)11(2)18-9-15(20)21/h3-8,18H,2,9H2,1H3,(H,20,21). The predicted octanol–water partition coefficient (Wildman–Crippen LogP) is 3.36. The number of halogens is 1. The van der Waals surface area contributed by atoms with Crippen LogP contribution in [0.25, 0.3) is 16.8 Å². The topological polar surface area (TPSA) is 62.2 Å². The quantitative estimate of drug-likeness (QED) is 0.889. The van der Waals surface area contributed by atoms with E-state index in [0.29, 0.717) is 16.4 Å². The third kappa shape index (κ3) is 3.83. The van der Waals surface area contributed by atoms with Crippen LogP contribution in [0, 0.1) is 6.92 Å². The first-order valence-corrected chi connectivity index (χ1v) is 6.72. The molecule has 0 bridgehead atoms. The lowest BCUT2D eigenvalue weighted by atomic mass is 10.0. The largest absolute Gasteiger partial charge is 0.480 e. The Kier molecular flexibility index (Phi) is 4.60. The van der Waals surface area contributed by atoms with Crippen molar-refractivity contribution in [2.24, 2.45) is 0 Å². The van der Waals surface area contributed by atoms with Gasteiger partial charge in [0.2, 0.25) is 0 Å². The molecule has 0 aliphatic rings. The third-order valence-electron chi connectivity index (χ3n) is 2.98. The number of carbonyl (C=O) groups is 1. The van der Waals surface area contributed by atoms with E-state index in [1.807, 2.05) is 37.3 Å². The molecular formula is C16H15ClN2O2. The molecule has 0 amide bonds. The molecule has 2 N–H and O–H groups in total. The summed E-state index contributed by atoms with van der Waals surface area (Å²) in [5.41, 5.74) is 3.99. The number of aliphatic carboxylic acids is 1. The smallest absolute Gasteiger partial charge is 0.322 e. The van der Waals surface area contributed by atoms with Crippen molar-refractivity contribution in [2.45, 2.75) is 6.92 Å². The summed E-state index contributed by atoms with van der Waals surface area (Å²) in [4.78, 5) is 14.9. The fourth-order valence-electron chi connectivity index (χ4n) is 1.98.